The minimum atomic E-state index is 0.924. The first kappa shape index (κ1) is 10.3. The highest BCUT2D eigenvalue weighted by molar-refractivity contribution is 5.12. The zero-order valence-corrected chi connectivity index (χ0v) is 8.91. The normalized spacial score (nSPS) is 11.5. The van der Waals surface area contributed by atoms with Crippen LogP contribution in [0.5, 0.6) is 0 Å². The van der Waals surface area contributed by atoms with Gasteiger partial charge in [0.1, 0.15) is 0 Å². The molecule has 3 nitrogen and oxygen atoms in total. The van der Waals surface area contributed by atoms with E-state index >= 15 is 0 Å². The molecule has 0 spiro atoms. The molecule has 0 amide bonds. The third-order valence-corrected chi connectivity index (χ3v) is 1.71. The van der Waals surface area contributed by atoms with Gasteiger partial charge in [-0.15, -0.1) is 11.4 Å². The van der Waals surface area contributed by atoms with Crippen LogP contribution in [-0.2, 0) is 13.1 Å². The summed E-state index contributed by atoms with van der Waals surface area (Å²) < 4.78 is 0. The Balaban J connectivity index is 2.53. The predicted octanol–water partition coefficient (Wildman–Crippen LogP) is 0.767. The maximum absolute atomic E-state index is 4.51. The molecule has 0 bridgehead atoms. The van der Waals surface area contributed by atoms with Crippen molar-refractivity contribution in [3.63, 3.8) is 0 Å². The fourth-order valence-corrected chi connectivity index (χ4v) is 1.28. The fourth-order valence-electron chi connectivity index (χ4n) is 1.28. The quantitative estimate of drug-likeness (QED) is 0.682. The second kappa shape index (κ2) is 4.44. The van der Waals surface area contributed by atoms with Crippen molar-refractivity contribution >= 4 is 0 Å². The Labute approximate surface area is 80.3 Å². The molecule has 74 valence electrons. The van der Waals surface area contributed by atoms with E-state index in [4.69, 9.17) is 0 Å². The second-order valence-corrected chi connectivity index (χ2v) is 3.90. The van der Waals surface area contributed by atoms with Crippen LogP contribution in [0.3, 0.4) is 0 Å². The van der Waals surface area contributed by atoms with Gasteiger partial charge in [0, 0.05) is 13.1 Å². The zero-order chi connectivity index (χ0) is 9.84. The van der Waals surface area contributed by atoms with E-state index in [1.807, 2.05) is 0 Å². The summed E-state index contributed by atoms with van der Waals surface area (Å²) in [7, 11) is 8.22. The van der Waals surface area contributed by atoms with Crippen molar-refractivity contribution < 1.29 is 0 Å². The average Bonchev–Trinajstić information content (AvgIpc) is 2.33. The summed E-state index contributed by atoms with van der Waals surface area (Å²) in [6, 6.07) is 4.19. The minimum absolute atomic E-state index is 0.924. The van der Waals surface area contributed by atoms with Crippen molar-refractivity contribution in [3.05, 3.63) is 23.5 Å². The largest absolute Gasteiger partial charge is 0.663 e. The average molecular weight is 180 g/mol. The van der Waals surface area contributed by atoms with Crippen LogP contribution in [0.15, 0.2) is 12.1 Å². The van der Waals surface area contributed by atoms with E-state index in [-0.39, 0.29) is 0 Å². The van der Waals surface area contributed by atoms with Gasteiger partial charge in [0.15, 0.2) is 0 Å². The Morgan fingerprint density at radius 3 is 1.62 bits per heavy atom. The van der Waals surface area contributed by atoms with Gasteiger partial charge < -0.3 is 14.8 Å². The van der Waals surface area contributed by atoms with Crippen LogP contribution in [0, 0.1) is 0 Å². The first-order valence-electron chi connectivity index (χ1n) is 4.49. The fraction of sp³-hybridized carbons (Fsp3) is 0.600. The molecule has 0 saturated carbocycles. The highest BCUT2D eigenvalue weighted by atomic mass is 15.1. The van der Waals surface area contributed by atoms with Crippen molar-refractivity contribution in [2.75, 3.05) is 28.2 Å². The molecule has 0 aliphatic heterocycles. The van der Waals surface area contributed by atoms with Gasteiger partial charge in [0.25, 0.3) is 0 Å². The van der Waals surface area contributed by atoms with E-state index in [9.17, 15) is 0 Å². The molecule has 0 unspecified atom stereocenters. The molecule has 0 fully saturated rings. The summed E-state index contributed by atoms with van der Waals surface area (Å²) in [6.45, 7) is 1.85. The number of rotatable bonds is 4. The maximum Gasteiger partial charge on any atom is 0.00239 e. The van der Waals surface area contributed by atoms with E-state index in [2.05, 4.69) is 55.1 Å². The lowest BCUT2D eigenvalue weighted by atomic mass is 10.4. The molecule has 3 heteroatoms. The van der Waals surface area contributed by atoms with Crippen LogP contribution >= 0.6 is 0 Å². The molecule has 0 saturated heterocycles. The molecule has 1 aromatic rings. The predicted molar refractivity (Wildman–Crippen MR) is 54.5 cm³/mol. The molecule has 0 radical (unpaired) electrons. The standard InChI is InChI=1S/C10H18N3/c1-12(2)7-9-5-6-10(11-9)8-13(3)4/h5-6H,7-8H2,1-4H3/q-1. The van der Waals surface area contributed by atoms with E-state index < -0.39 is 0 Å². The molecule has 0 atom stereocenters. The van der Waals surface area contributed by atoms with E-state index in [1.54, 1.807) is 0 Å². The van der Waals surface area contributed by atoms with Crippen molar-refractivity contribution in [2.45, 2.75) is 13.1 Å². The van der Waals surface area contributed by atoms with E-state index in [0.717, 1.165) is 24.5 Å². The first-order valence-corrected chi connectivity index (χ1v) is 4.49. The highest BCUT2D eigenvalue weighted by Crippen LogP contribution is 2.03. The van der Waals surface area contributed by atoms with E-state index in [0.29, 0.717) is 0 Å². The van der Waals surface area contributed by atoms with Crippen LogP contribution in [0.4, 0.5) is 0 Å². The third kappa shape index (κ3) is 3.61. The monoisotopic (exact) mass is 180 g/mol. The molecule has 1 aromatic heterocycles. The third-order valence-electron chi connectivity index (χ3n) is 1.71. The van der Waals surface area contributed by atoms with Gasteiger partial charge in [-0.1, -0.05) is 12.1 Å². The van der Waals surface area contributed by atoms with Crippen LogP contribution in [0.25, 0.3) is 0 Å². The number of aromatic nitrogens is 1. The minimum Gasteiger partial charge on any atom is -0.663 e. The lowest BCUT2D eigenvalue weighted by molar-refractivity contribution is 0.387. The Bertz CT molecular complexity index is 226. The molecule has 0 aliphatic rings. The van der Waals surface area contributed by atoms with Gasteiger partial charge in [-0.2, -0.15) is 0 Å². The Morgan fingerprint density at radius 1 is 0.923 bits per heavy atom. The van der Waals surface area contributed by atoms with Gasteiger partial charge in [0.2, 0.25) is 0 Å². The first-order chi connectivity index (χ1) is 6.08. The molecular weight excluding hydrogens is 162 g/mol. The Hall–Kier alpha value is -0.800. The van der Waals surface area contributed by atoms with Crippen molar-refractivity contribution in [1.29, 1.82) is 0 Å². The number of hydrogen-bond acceptors (Lipinski definition) is 2. The van der Waals surface area contributed by atoms with Crippen LogP contribution in [0.1, 0.15) is 11.4 Å². The SMILES string of the molecule is CN(C)Cc1ccc(CN(C)C)[n-]1. The second-order valence-electron chi connectivity index (χ2n) is 3.90. The molecule has 0 aromatic carbocycles. The smallest absolute Gasteiger partial charge is 0.00239 e. The molecular formula is C10H18N3-. The summed E-state index contributed by atoms with van der Waals surface area (Å²) in [5.41, 5.74) is 2.31. The number of hydrogen-bond donors (Lipinski definition) is 0. The van der Waals surface area contributed by atoms with Crippen LogP contribution in [0.2, 0.25) is 0 Å². The summed E-state index contributed by atoms with van der Waals surface area (Å²) in [6.07, 6.45) is 0. The van der Waals surface area contributed by atoms with Crippen molar-refractivity contribution in [2.24, 2.45) is 0 Å². The molecule has 0 aliphatic carbocycles. The van der Waals surface area contributed by atoms with Gasteiger partial charge in [0.05, 0.1) is 0 Å². The number of nitrogens with zero attached hydrogens (tertiary/aromatic N) is 3. The summed E-state index contributed by atoms with van der Waals surface area (Å²) in [5, 5.41) is 0. The lowest BCUT2D eigenvalue weighted by Gasteiger charge is -2.17. The van der Waals surface area contributed by atoms with E-state index in [1.165, 1.54) is 0 Å². The summed E-state index contributed by atoms with van der Waals surface area (Å²) >= 11 is 0. The molecule has 0 N–H and O–H groups in total. The van der Waals surface area contributed by atoms with Crippen LogP contribution < -0.4 is 4.98 Å². The summed E-state index contributed by atoms with van der Waals surface area (Å²) in [4.78, 5) is 8.76. The van der Waals surface area contributed by atoms with Crippen molar-refractivity contribution in [1.82, 2.24) is 14.8 Å². The van der Waals surface area contributed by atoms with Gasteiger partial charge in [-0.3, -0.25) is 0 Å². The topological polar surface area (TPSA) is 20.6 Å². The molecule has 1 rings (SSSR count). The van der Waals surface area contributed by atoms with Crippen molar-refractivity contribution in [3.8, 4) is 0 Å². The lowest BCUT2D eigenvalue weighted by Crippen LogP contribution is -2.13. The molecule has 1 heterocycles. The highest BCUT2D eigenvalue weighted by Gasteiger charge is 1.91. The summed E-state index contributed by atoms with van der Waals surface area (Å²) in [5.74, 6) is 0. The zero-order valence-electron chi connectivity index (χ0n) is 8.91. The van der Waals surface area contributed by atoms with Gasteiger partial charge in [-0.25, -0.2) is 0 Å². The Kier molecular flexibility index (Phi) is 3.51. The van der Waals surface area contributed by atoms with Gasteiger partial charge >= 0.3 is 0 Å². The van der Waals surface area contributed by atoms with Gasteiger partial charge in [-0.05, 0) is 28.2 Å². The molecule has 13 heavy (non-hydrogen) atoms. The maximum atomic E-state index is 4.51. The van der Waals surface area contributed by atoms with Crippen LogP contribution in [-0.4, -0.2) is 38.0 Å². The Morgan fingerprint density at radius 2 is 1.31 bits per heavy atom.